The summed E-state index contributed by atoms with van der Waals surface area (Å²) in [7, 11) is 1.92. The van der Waals surface area contributed by atoms with Gasteiger partial charge in [0.2, 0.25) is 0 Å². The molecule has 1 heterocycles. The first-order valence-corrected chi connectivity index (χ1v) is 7.46. The van der Waals surface area contributed by atoms with Crippen molar-refractivity contribution in [2.75, 3.05) is 12.3 Å². The SMILES string of the molecule is CCNC(CSc1ncnn1C)c1cccc(C)c1. The molecule has 19 heavy (non-hydrogen) atoms. The fourth-order valence-electron chi connectivity index (χ4n) is 1.98. The van der Waals surface area contributed by atoms with Crippen molar-refractivity contribution in [2.24, 2.45) is 7.05 Å². The van der Waals surface area contributed by atoms with Crippen LogP contribution in [0.25, 0.3) is 0 Å². The number of aromatic nitrogens is 3. The second-order valence-corrected chi connectivity index (χ2v) is 5.49. The highest BCUT2D eigenvalue weighted by Gasteiger charge is 2.12. The summed E-state index contributed by atoms with van der Waals surface area (Å²) in [4.78, 5) is 4.25. The van der Waals surface area contributed by atoms with Gasteiger partial charge in [0.15, 0.2) is 5.16 Å². The smallest absolute Gasteiger partial charge is 0.185 e. The molecule has 0 saturated heterocycles. The van der Waals surface area contributed by atoms with E-state index in [0.29, 0.717) is 6.04 Å². The number of hydrogen-bond donors (Lipinski definition) is 1. The van der Waals surface area contributed by atoms with E-state index in [-0.39, 0.29) is 0 Å². The Labute approximate surface area is 118 Å². The maximum absolute atomic E-state index is 4.25. The van der Waals surface area contributed by atoms with Crippen LogP contribution in [0, 0.1) is 6.92 Å². The van der Waals surface area contributed by atoms with Crippen LogP contribution >= 0.6 is 11.8 Å². The normalized spacial score (nSPS) is 12.6. The number of nitrogens with zero attached hydrogens (tertiary/aromatic N) is 3. The third-order valence-corrected chi connectivity index (χ3v) is 4.07. The van der Waals surface area contributed by atoms with Crippen LogP contribution in [-0.4, -0.2) is 27.1 Å². The van der Waals surface area contributed by atoms with Gasteiger partial charge in [-0.25, -0.2) is 9.67 Å². The number of benzene rings is 1. The number of rotatable bonds is 6. The van der Waals surface area contributed by atoms with Crippen LogP contribution < -0.4 is 5.32 Å². The van der Waals surface area contributed by atoms with Crippen LogP contribution in [0.5, 0.6) is 0 Å². The molecule has 1 atom stereocenters. The van der Waals surface area contributed by atoms with Gasteiger partial charge in [-0.2, -0.15) is 5.10 Å². The second kappa shape index (κ2) is 6.73. The summed E-state index contributed by atoms with van der Waals surface area (Å²) in [5.41, 5.74) is 2.63. The molecule has 0 amide bonds. The van der Waals surface area contributed by atoms with Gasteiger partial charge in [-0.15, -0.1) is 0 Å². The number of hydrogen-bond acceptors (Lipinski definition) is 4. The quantitative estimate of drug-likeness (QED) is 0.824. The lowest BCUT2D eigenvalue weighted by molar-refractivity contribution is 0.603. The molecule has 2 aromatic rings. The largest absolute Gasteiger partial charge is 0.309 e. The predicted octanol–water partition coefficient (Wildman–Crippen LogP) is 2.57. The van der Waals surface area contributed by atoms with Crippen molar-refractivity contribution in [3.8, 4) is 0 Å². The van der Waals surface area contributed by atoms with E-state index in [2.05, 4.69) is 53.5 Å². The average Bonchev–Trinajstić information content (AvgIpc) is 2.80. The molecule has 1 aromatic heterocycles. The predicted molar refractivity (Wildman–Crippen MR) is 79.3 cm³/mol. The summed E-state index contributed by atoms with van der Waals surface area (Å²) in [6.45, 7) is 5.22. The van der Waals surface area contributed by atoms with Crippen LogP contribution in [0.2, 0.25) is 0 Å². The van der Waals surface area contributed by atoms with Gasteiger partial charge in [0.05, 0.1) is 0 Å². The summed E-state index contributed by atoms with van der Waals surface area (Å²) in [6.07, 6.45) is 1.59. The molecule has 0 fully saturated rings. The van der Waals surface area contributed by atoms with E-state index in [1.54, 1.807) is 18.1 Å². The molecule has 0 radical (unpaired) electrons. The van der Waals surface area contributed by atoms with Crippen LogP contribution in [0.1, 0.15) is 24.1 Å². The van der Waals surface area contributed by atoms with Crippen LogP contribution in [0.4, 0.5) is 0 Å². The van der Waals surface area contributed by atoms with Crippen LogP contribution in [0.3, 0.4) is 0 Å². The fraction of sp³-hybridized carbons (Fsp3) is 0.429. The molecule has 102 valence electrons. The van der Waals surface area contributed by atoms with Gasteiger partial charge in [0, 0.05) is 18.8 Å². The molecular formula is C14H20N4S. The molecule has 1 aromatic carbocycles. The van der Waals surface area contributed by atoms with Gasteiger partial charge in [-0.1, -0.05) is 48.5 Å². The van der Waals surface area contributed by atoms with E-state index in [4.69, 9.17) is 0 Å². The van der Waals surface area contributed by atoms with Gasteiger partial charge in [-0.05, 0) is 19.0 Å². The van der Waals surface area contributed by atoms with Crippen LogP contribution in [-0.2, 0) is 7.05 Å². The fourth-order valence-corrected chi connectivity index (χ4v) is 2.96. The Morgan fingerprint density at radius 2 is 2.26 bits per heavy atom. The molecule has 0 aliphatic carbocycles. The number of aryl methyl sites for hydroxylation is 2. The molecule has 0 aliphatic heterocycles. The summed E-state index contributed by atoms with van der Waals surface area (Å²) in [6, 6.07) is 9.00. The van der Waals surface area contributed by atoms with E-state index >= 15 is 0 Å². The average molecular weight is 276 g/mol. The topological polar surface area (TPSA) is 42.7 Å². The first kappa shape index (κ1) is 14.1. The zero-order valence-electron chi connectivity index (χ0n) is 11.6. The Bertz CT molecular complexity index is 524. The lowest BCUT2D eigenvalue weighted by Gasteiger charge is -2.18. The Morgan fingerprint density at radius 1 is 1.42 bits per heavy atom. The monoisotopic (exact) mass is 276 g/mol. The van der Waals surface area contributed by atoms with Crippen molar-refractivity contribution in [2.45, 2.75) is 25.0 Å². The first-order chi connectivity index (χ1) is 9.20. The van der Waals surface area contributed by atoms with Gasteiger partial charge in [0.1, 0.15) is 6.33 Å². The van der Waals surface area contributed by atoms with E-state index in [0.717, 1.165) is 17.5 Å². The second-order valence-electron chi connectivity index (χ2n) is 4.50. The molecule has 1 N–H and O–H groups in total. The molecule has 5 heteroatoms. The van der Waals surface area contributed by atoms with Gasteiger partial charge in [-0.3, -0.25) is 0 Å². The first-order valence-electron chi connectivity index (χ1n) is 6.47. The maximum Gasteiger partial charge on any atom is 0.185 e. The third kappa shape index (κ3) is 3.81. The summed E-state index contributed by atoms with van der Waals surface area (Å²) >= 11 is 1.73. The van der Waals surface area contributed by atoms with Gasteiger partial charge in [0.25, 0.3) is 0 Å². The molecular weight excluding hydrogens is 256 g/mol. The van der Waals surface area contributed by atoms with E-state index < -0.39 is 0 Å². The summed E-state index contributed by atoms with van der Waals surface area (Å²) in [5, 5.41) is 8.58. The Hall–Kier alpha value is -1.33. The Balaban J connectivity index is 2.06. The van der Waals surface area contributed by atoms with Gasteiger partial charge < -0.3 is 5.32 Å². The number of nitrogens with one attached hydrogen (secondary N) is 1. The lowest BCUT2D eigenvalue weighted by atomic mass is 10.1. The highest BCUT2D eigenvalue weighted by molar-refractivity contribution is 7.99. The lowest BCUT2D eigenvalue weighted by Crippen LogP contribution is -2.23. The van der Waals surface area contributed by atoms with Crippen molar-refractivity contribution in [3.05, 3.63) is 41.7 Å². The Kier molecular flexibility index (Phi) is 4.99. The molecule has 0 bridgehead atoms. The minimum Gasteiger partial charge on any atom is -0.309 e. The molecule has 0 spiro atoms. The minimum atomic E-state index is 0.339. The van der Waals surface area contributed by atoms with E-state index in [1.807, 2.05) is 11.7 Å². The molecule has 0 saturated carbocycles. The third-order valence-electron chi connectivity index (χ3n) is 2.94. The van der Waals surface area contributed by atoms with Crippen molar-refractivity contribution in [1.82, 2.24) is 20.1 Å². The summed E-state index contributed by atoms with van der Waals surface area (Å²) in [5.74, 6) is 0.948. The summed E-state index contributed by atoms with van der Waals surface area (Å²) < 4.78 is 1.81. The van der Waals surface area contributed by atoms with Crippen molar-refractivity contribution < 1.29 is 0 Å². The zero-order chi connectivity index (χ0) is 13.7. The standard InChI is InChI=1S/C14H20N4S/c1-4-15-13(12-7-5-6-11(2)8-12)9-19-14-16-10-17-18(14)3/h5-8,10,13,15H,4,9H2,1-3H3. The molecule has 4 nitrogen and oxygen atoms in total. The van der Waals surface area contributed by atoms with Crippen molar-refractivity contribution in [1.29, 1.82) is 0 Å². The Morgan fingerprint density at radius 3 is 2.89 bits per heavy atom. The minimum absolute atomic E-state index is 0.339. The highest BCUT2D eigenvalue weighted by atomic mass is 32.2. The van der Waals surface area contributed by atoms with Crippen molar-refractivity contribution >= 4 is 11.8 Å². The van der Waals surface area contributed by atoms with Crippen LogP contribution in [0.15, 0.2) is 35.7 Å². The van der Waals surface area contributed by atoms with E-state index in [1.165, 1.54) is 11.1 Å². The maximum atomic E-state index is 4.25. The molecule has 1 unspecified atom stereocenters. The highest BCUT2D eigenvalue weighted by Crippen LogP contribution is 2.23. The van der Waals surface area contributed by atoms with Crippen molar-refractivity contribution in [3.63, 3.8) is 0 Å². The number of thioether (sulfide) groups is 1. The van der Waals surface area contributed by atoms with Gasteiger partial charge >= 0.3 is 0 Å². The molecule has 2 rings (SSSR count). The van der Waals surface area contributed by atoms with E-state index in [9.17, 15) is 0 Å². The molecule has 0 aliphatic rings. The zero-order valence-corrected chi connectivity index (χ0v) is 12.4.